The summed E-state index contributed by atoms with van der Waals surface area (Å²) < 4.78 is 5.17. The first-order chi connectivity index (χ1) is 7.61. The van der Waals surface area contributed by atoms with E-state index in [4.69, 9.17) is 4.74 Å². The highest BCUT2D eigenvalue weighted by molar-refractivity contribution is 5.86. The molecule has 0 aliphatic carbocycles. The Kier molecular flexibility index (Phi) is 2.82. The van der Waals surface area contributed by atoms with Crippen LogP contribution >= 0.6 is 0 Å². The summed E-state index contributed by atoms with van der Waals surface area (Å²) in [7, 11) is 1.65. The molecule has 0 saturated heterocycles. The van der Waals surface area contributed by atoms with Crippen LogP contribution in [0.4, 0.5) is 0 Å². The van der Waals surface area contributed by atoms with Crippen molar-refractivity contribution in [1.82, 2.24) is 4.98 Å². The zero-order valence-electron chi connectivity index (χ0n) is 10.2. The van der Waals surface area contributed by atoms with Gasteiger partial charge in [0.25, 0.3) is 0 Å². The van der Waals surface area contributed by atoms with E-state index in [9.17, 15) is 0 Å². The zero-order valence-corrected chi connectivity index (χ0v) is 10.2. The summed E-state index contributed by atoms with van der Waals surface area (Å²) in [6.07, 6.45) is 0. The smallest absolute Gasteiger partial charge is 0.213 e. The van der Waals surface area contributed by atoms with Crippen LogP contribution in [-0.2, 0) is 0 Å². The van der Waals surface area contributed by atoms with Crippen LogP contribution in [0.25, 0.3) is 10.8 Å². The van der Waals surface area contributed by atoms with E-state index in [1.54, 1.807) is 7.11 Å². The Hall–Kier alpha value is -1.57. The highest BCUT2D eigenvalue weighted by Gasteiger charge is 2.05. The van der Waals surface area contributed by atoms with Crippen LogP contribution in [0.3, 0.4) is 0 Å². The Bertz CT molecular complexity index is 517. The molecule has 2 aromatic rings. The second kappa shape index (κ2) is 4.12. The van der Waals surface area contributed by atoms with Crippen molar-refractivity contribution in [3.8, 4) is 5.88 Å². The fraction of sp³-hybridized carbons (Fsp3) is 0.357. The van der Waals surface area contributed by atoms with Gasteiger partial charge in [0.1, 0.15) is 0 Å². The lowest BCUT2D eigenvalue weighted by atomic mass is 9.99. The molecule has 84 valence electrons. The first-order valence-corrected chi connectivity index (χ1v) is 5.57. The van der Waals surface area contributed by atoms with E-state index in [1.165, 1.54) is 16.3 Å². The third kappa shape index (κ3) is 1.87. The highest BCUT2D eigenvalue weighted by atomic mass is 16.5. The number of ether oxygens (including phenoxy) is 1. The normalized spacial score (nSPS) is 11.1. The standard InChI is InChI=1S/C14H17NO/c1-9(2)11-5-6-12-8-14(16-4)15-10(3)13(12)7-11/h5-9H,1-4H3. The summed E-state index contributed by atoms with van der Waals surface area (Å²) in [5.41, 5.74) is 2.37. The van der Waals surface area contributed by atoms with Crippen molar-refractivity contribution < 1.29 is 4.74 Å². The minimum atomic E-state index is 0.547. The predicted octanol–water partition coefficient (Wildman–Crippen LogP) is 3.68. The second-order valence-corrected chi connectivity index (χ2v) is 4.39. The molecule has 0 radical (unpaired) electrons. The highest BCUT2D eigenvalue weighted by Crippen LogP contribution is 2.25. The van der Waals surface area contributed by atoms with Gasteiger partial charge >= 0.3 is 0 Å². The Morgan fingerprint density at radius 3 is 2.56 bits per heavy atom. The average molecular weight is 215 g/mol. The van der Waals surface area contributed by atoms with Crippen LogP contribution in [0.5, 0.6) is 5.88 Å². The van der Waals surface area contributed by atoms with Gasteiger partial charge in [0, 0.05) is 17.1 Å². The summed E-state index contributed by atoms with van der Waals surface area (Å²) in [6, 6.07) is 8.52. The molecule has 0 fully saturated rings. The Balaban J connectivity index is 2.65. The molecule has 1 aromatic heterocycles. The monoisotopic (exact) mass is 215 g/mol. The molecule has 16 heavy (non-hydrogen) atoms. The van der Waals surface area contributed by atoms with Gasteiger partial charge in [0.15, 0.2) is 0 Å². The minimum Gasteiger partial charge on any atom is -0.481 e. The van der Waals surface area contributed by atoms with Gasteiger partial charge < -0.3 is 4.74 Å². The van der Waals surface area contributed by atoms with Crippen molar-refractivity contribution in [3.63, 3.8) is 0 Å². The van der Waals surface area contributed by atoms with E-state index < -0.39 is 0 Å². The summed E-state index contributed by atoms with van der Waals surface area (Å²) in [5.74, 6) is 1.23. The molecule has 1 heterocycles. The fourth-order valence-electron chi connectivity index (χ4n) is 1.87. The molecule has 2 nitrogen and oxygen atoms in total. The van der Waals surface area contributed by atoms with Crippen molar-refractivity contribution in [1.29, 1.82) is 0 Å². The molecular weight excluding hydrogens is 198 g/mol. The van der Waals surface area contributed by atoms with E-state index in [0.29, 0.717) is 11.8 Å². The summed E-state index contributed by atoms with van der Waals surface area (Å²) in [4.78, 5) is 4.40. The van der Waals surface area contributed by atoms with Crippen LogP contribution in [0.15, 0.2) is 24.3 Å². The van der Waals surface area contributed by atoms with E-state index in [2.05, 4.69) is 37.0 Å². The van der Waals surface area contributed by atoms with Crippen LogP contribution in [-0.4, -0.2) is 12.1 Å². The number of benzene rings is 1. The molecule has 1 aromatic carbocycles. The van der Waals surface area contributed by atoms with Crippen LogP contribution in [0.1, 0.15) is 31.0 Å². The second-order valence-electron chi connectivity index (χ2n) is 4.39. The molecule has 0 amide bonds. The molecule has 2 heteroatoms. The maximum Gasteiger partial charge on any atom is 0.213 e. The van der Waals surface area contributed by atoms with Gasteiger partial charge in [-0.2, -0.15) is 0 Å². The Morgan fingerprint density at radius 1 is 1.19 bits per heavy atom. The number of hydrogen-bond donors (Lipinski definition) is 0. The molecule has 0 N–H and O–H groups in total. The number of nitrogens with zero attached hydrogens (tertiary/aromatic N) is 1. The number of rotatable bonds is 2. The first-order valence-electron chi connectivity index (χ1n) is 5.57. The van der Waals surface area contributed by atoms with Crippen molar-refractivity contribution in [2.45, 2.75) is 26.7 Å². The summed E-state index contributed by atoms with van der Waals surface area (Å²) in [5, 5.41) is 2.40. The number of hydrogen-bond acceptors (Lipinski definition) is 2. The van der Waals surface area contributed by atoms with E-state index >= 15 is 0 Å². The number of pyridine rings is 1. The first kappa shape index (κ1) is 10.9. The van der Waals surface area contributed by atoms with E-state index in [-0.39, 0.29) is 0 Å². The molecular formula is C14H17NO. The fourth-order valence-corrected chi connectivity index (χ4v) is 1.87. The van der Waals surface area contributed by atoms with Gasteiger partial charge in [0.2, 0.25) is 5.88 Å². The van der Waals surface area contributed by atoms with E-state index in [0.717, 1.165) is 5.69 Å². The maximum atomic E-state index is 5.17. The SMILES string of the molecule is COc1cc2ccc(C(C)C)cc2c(C)n1. The van der Waals surface area contributed by atoms with E-state index in [1.807, 2.05) is 13.0 Å². The average Bonchev–Trinajstić information content (AvgIpc) is 2.28. The Morgan fingerprint density at radius 2 is 1.94 bits per heavy atom. The number of aromatic nitrogens is 1. The molecule has 2 rings (SSSR count). The third-order valence-corrected chi connectivity index (χ3v) is 2.90. The maximum absolute atomic E-state index is 5.17. The van der Waals surface area contributed by atoms with Crippen LogP contribution in [0, 0.1) is 6.92 Å². The lowest BCUT2D eigenvalue weighted by molar-refractivity contribution is 0.398. The number of methoxy groups -OCH3 is 1. The van der Waals surface area contributed by atoms with Gasteiger partial charge in [0.05, 0.1) is 7.11 Å². The van der Waals surface area contributed by atoms with Crippen molar-refractivity contribution in [2.75, 3.05) is 7.11 Å². The van der Waals surface area contributed by atoms with Gasteiger partial charge in [-0.1, -0.05) is 26.0 Å². The minimum absolute atomic E-state index is 0.547. The lowest BCUT2D eigenvalue weighted by Crippen LogP contribution is -1.93. The topological polar surface area (TPSA) is 22.1 Å². The largest absolute Gasteiger partial charge is 0.481 e. The van der Waals surface area contributed by atoms with Crippen molar-refractivity contribution in [2.24, 2.45) is 0 Å². The molecule has 0 unspecified atom stereocenters. The third-order valence-electron chi connectivity index (χ3n) is 2.90. The van der Waals surface area contributed by atoms with Gasteiger partial charge in [-0.3, -0.25) is 0 Å². The molecule has 0 aliphatic rings. The van der Waals surface area contributed by atoms with Gasteiger partial charge in [-0.25, -0.2) is 4.98 Å². The molecule has 0 atom stereocenters. The quantitative estimate of drug-likeness (QED) is 0.762. The Labute approximate surface area is 96.3 Å². The van der Waals surface area contributed by atoms with Gasteiger partial charge in [-0.15, -0.1) is 0 Å². The summed E-state index contributed by atoms with van der Waals surface area (Å²) in [6.45, 7) is 6.43. The van der Waals surface area contributed by atoms with Crippen molar-refractivity contribution >= 4 is 10.8 Å². The zero-order chi connectivity index (χ0) is 11.7. The molecule has 0 saturated carbocycles. The number of aryl methyl sites for hydroxylation is 1. The predicted molar refractivity (Wildman–Crippen MR) is 67.1 cm³/mol. The van der Waals surface area contributed by atoms with Crippen LogP contribution < -0.4 is 4.74 Å². The molecule has 0 spiro atoms. The van der Waals surface area contributed by atoms with Crippen LogP contribution in [0.2, 0.25) is 0 Å². The van der Waals surface area contributed by atoms with Crippen molar-refractivity contribution in [3.05, 3.63) is 35.5 Å². The molecule has 0 bridgehead atoms. The molecule has 0 aliphatic heterocycles. The number of fused-ring (bicyclic) bond motifs is 1. The lowest BCUT2D eigenvalue weighted by Gasteiger charge is -2.09. The summed E-state index contributed by atoms with van der Waals surface area (Å²) >= 11 is 0. The van der Waals surface area contributed by atoms with Gasteiger partial charge in [-0.05, 0) is 29.9 Å².